The molecule has 0 saturated carbocycles. The molecule has 8 heteroatoms. The Labute approximate surface area is 191 Å². The molecular weight excluding hydrogens is 422 g/mol. The Kier molecular flexibility index (Phi) is 6.26. The molecule has 2 aromatic heterocycles. The quantitative estimate of drug-likeness (QED) is 0.392. The van der Waals surface area contributed by atoms with Gasteiger partial charge in [-0.1, -0.05) is 67.5 Å². The van der Waals surface area contributed by atoms with E-state index in [0.717, 1.165) is 11.1 Å². The molecule has 0 saturated heterocycles. The smallest absolute Gasteiger partial charge is 0.304 e. The van der Waals surface area contributed by atoms with Crippen molar-refractivity contribution in [3.05, 3.63) is 83.6 Å². The lowest BCUT2D eigenvalue weighted by Crippen LogP contribution is -2.10. The summed E-state index contributed by atoms with van der Waals surface area (Å²) in [6.07, 6.45) is 1.34. The van der Waals surface area contributed by atoms with E-state index in [2.05, 4.69) is 48.2 Å². The lowest BCUT2D eigenvalue weighted by atomic mass is 9.87. The number of aliphatic carboxylic acids is 1. The lowest BCUT2D eigenvalue weighted by Gasteiger charge is -2.18. The number of aromatic nitrogens is 3. The third kappa shape index (κ3) is 5.46. The summed E-state index contributed by atoms with van der Waals surface area (Å²) in [7, 11) is 0. The summed E-state index contributed by atoms with van der Waals surface area (Å²) in [5.74, 6) is 0.151. The van der Waals surface area contributed by atoms with Crippen LogP contribution in [0, 0.1) is 0 Å². The summed E-state index contributed by atoms with van der Waals surface area (Å²) in [4.78, 5) is 15.7. The Hall–Kier alpha value is -3.94. The molecule has 0 bridgehead atoms. The van der Waals surface area contributed by atoms with Crippen molar-refractivity contribution in [1.29, 1.82) is 0 Å². The number of hydrogen-bond acceptors (Lipinski definition) is 7. The zero-order valence-corrected chi connectivity index (χ0v) is 18.7. The van der Waals surface area contributed by atoms with Crippen molar-refractivity contribution in [3.63, 3.8) is 0 Å². The van der Waals surface area contributed by atoms with Crippen LogP contribution in [0.4, 0.5) is 0 Å². The largest absolute Gasteiger partial charge is 0.484 e. The average Bonchev–Trinajstić information content (AvgIpc) is 3.48. The minimum absolute atomic E-state index is 0.0764. The minimum atomic E-state index is -0.913. The van der Waals surface area contributed by atoms with Gasteiger partial charge >= 0.3 is 5.97 Å². The maximum atomic E-state index is 11.3. The standard InChI is InChI=1S/C25H25N3O5/c1-25(2,3)18-8-4-17(5-9-18)24-26-22(33-28-24)15-31-19-10-6-16(7-11-19)20(14-23(29)30)21-12-13-32-27-21/h4-13,20H,14-15H2,1-3H3,(H,29,30)/t20-/m0/s1. The van der Waals surface area contributed by atoms with Crippen LogP contribution in [0.3, 0.4) is 0 Å². The Balaban J connectivity index is 1.40. The Morgan fingerprint density at radius 2 is 1.76 bits per heavy atom. The molecule has 2 aromatic carbocycles. The maximum Gasteiger partial charge on any atom is 0.304 e. The van der Waals surface area contributed by atoms with Crippen molar-refractivity contribution in [2.24, 2.45) is 0 Å². The molecule has 170 valence electrons. The first-order valence-corrected chi connectivity index (χ1v) is 10.6. The monoisotopic (exact) mass is 447 g/mol. The van der Waals surface area contributed by atoms with Gasteiger partial charge in [-0.25, -0.2) is 0 Å². The van der Waals surface area contributed by atoms with Crippen LogP contribution >= 0.6 is 0 Å². The number of ether oxygens (including phenoxy) is 1. The molecule has 1 N–H and O–H groups in total. The first kappa shape index (κ1) is 22.3. The molecule has 8 nitrogen and oxygen atoms in total. The van der Waals surface area contributed by atoms with Crippen LogP contribution < -0.4 is 4.74 Å². The SMILES string of the molecule is CC(C)(C)c1ccc(-c2noc(COc3ccc([C@H](CC(=O)O)c4ccon4)cc3)n2)cc1. The molecule has 4 rings (SSSR count). The number of carboxylic acids is 1. The Morgan fingerprint density at radius 3 is 2.36 bits per heavy atom. The summed E-state index contributed by atoms with van der Waals surface area (Å²) < 4.78 is 16.0. The van der Waals surface area contributed by atoms with Crippen molar-refractivity contribution >= 4 is 5.97 Å². The third-order valence-corrected chi connectivity index (χ3v) is 5.32. The second kappa shape index (κ2) is 9.28. The van der Waals surface area contributed by atoms with Crippen LogP contribution in [-0.2, 0) is 16.8 Å². The minimum Gasteiger partial charge on any atom is -0.484 e. The van der Waals surface area contributed by atoms with Gasteiger partial charge in [-0.3, -0.25) is 4.79 Å². The highest BCUT2D eigenvalue weighted by Gasteiger charge is 2.21. The van der Waals surface area contributed by atoms with E-state index in [1.54, 1.807) is 18.2 Å². The topological polar surface area (TPSA) is 111 Å². The second-order valence-electron chi connectivity index (χ2n) is 8.77. The summed E-state index contributed by atoms with van der Waals surface area (Å²) in [5, 5.41) is 17.2. The van der Waals surface area contributed by atoms with Gasteiger partial charge in [-0.05, 0) is 28.7 Å². The highest BCUT2D eigenvalue weighted by Crippen LogP contribution is 2.29. The third-order valence-electron chi connectivity index (χ3n) is 5.32. The van der Waals surface area contributed by atoms with Gasteiger partial charge in [0.1, 0.15) is 12.0 Å². The van der Waals surface area contributed by atoms with Gasteiger partial charge in [0.05, 0.1) is 12.1 Å². The van der Waals surface area contributed by atoms with Crippen molar-refractivity contribution in [3.8, 4) is 17.1 Å². The van der Waals surface area contributed by atoms with E-state index in [-0.39, 0.29) is 18.4 Å². The lowest BCUT2D eigenvalue weighted by molar-refractivity contribution is -0.137. The molecule has 0 amide bonds. The van der Waals surface area contributed by atoms with Crippen molar-refractivity contribution < 1.29 is 23.7 Å². The van der Waals surface area contributed by atoms with E-state index in [1.807, 2.05) is 24.3 Å². The summed E-state index contributed by atoms with van der Waals surface area (Å²) in [6, 6.07) is 16.9. The zero-order chi connectivity index (χ0) is 23.4. The average molecular weight is 447 g/mol. The van der Waals surface area contributed by atoms with Crippen LogP contribution in [0.15, 0.2) is 69.9 Å². The number of carboxylic acid groups (broad SMARTS) is 1. The fraction of sp³-hybridized carbons (Fsp3) is 0.280. The van der Waals surface area contributed by atoms with Crippen LogP contribution in [0.25, 0.3) is 11.4 Å². The summed E-state index contributed by atoms with van der Waals surface area (Å²) in [6.45, 7) is 6.62. The van der Waals surface area contributed by atoms with Crippen LogP contribution in [0.5, 0.6) is 5.75 Å². The molecular formula is C25H25N3O5. The molecule has 0 spiro atoms. The molecule has 4 aromatic rings. The van der Waals surface area contributed by atoms with E-state index in [0.29, 0.717) is 23.2 Å². The Bertz CT molecular complexity index is 1190. The molecule has 0 aliphatic rings. The molecule has 0 fully saturated rings. The van der Waals surface area contributed by atoms with E-state index in [4.69, 9.17) is 13.8 Å². The number of rotatable bonds is 8. The van der Waals surface area contributed by atoms with E-state index in [9.17, 15) is 9.90 Å². The van der Waals surface area contributed by atoms with Crippen molar-refractivity contribution in [2.75, 3.05) is 0 Å². The highest BCUT2D eigenvalue weighted by atomic mass is 16.5. The number of hydrogen-bond donors (Lipinski definition) is 1. The highest BCUT2D eigenvalue weighted by molar-refractivity contribution is 5.68. The first-order chi connectivity index (χ1) is 15.8. The van der Waals surface area contributed by atoms with Crippen molar-refractivity contribution in [2.45, 2.75) is 45.1 Å². The maximum absolute atomic E-state index is 11.3. The molecule has 2 heterocycles. The molecule has 0 radical (unpaired) electrons. The molecule has 33 heavy (non-hydrogen) atoms. The predicted molar refractivity (Wildman–Crippen MR) is 120 cm³/mol. The predicted octanol–water partition coefficient (Wildman–Crippen LogP) is 5.21. The van der Waals surface area contributed by atoms with Crippen LogP contribution in [0.1, 0.15) is 55.8 Å². The number of nitrogens with zero attached hydrogens (tertiary/aromatic N) is 3. The number of benzene rings is 2. The summed E-state index contributed by atoms with van der Waals surface area (Å²) >= 11 is 0. The van der Waals surface area contributed by atoms with Gasteiger partial charge in [0.15, 0.2) is 6.61 Å². The van der Waals surface area contributed by atoms with Crippen LogP contribution in [-0.4, -0.2) is 26.4 Å². The van der Waals surface area contributed by atoms with Gasteiger partial charge < -0.3 is 18.9 Å². The summed E-state index contributed by atoms with van der Waals surface area (Å²) in [5.41, 5.74) is 3.56. The van der Waals surface area contributed by atoms with E-state index < -0.39 is 11.9 Å². The molecule has 0 aliphatic carbocycles. The van der Waals surface area contributed by atoms with Gasteiger partial charge in [-0.2, -0.15) is 4.98 Å². The van der Waals surface area contributed by atoms with E-state index >= 15 is 0 Å². The van der Waals surface area contributed by atoms with Gasteiger partial charge in [0.25, 0.3) is 5.89 Å². The van der Waals surface area contributed by atoms with Crippen LogP contribution in [0.2, 0.25) is 0 Å². The van der Waals surface area contributed by atoms with Gasteiger partial charge in [-0.15, -0.1) is 0 Å². The molecule has 0 aliphatic heterocycles. The van der Waals surface area contributed by atoms with E-state index in [1.165, 1.54) is 11.8 Å². The molecule has 1 atom stereocenters. The van der Waals surface area contributed by atoms with Gasteiger partial charge in [0.2, 0.25) is 5.82 Å². The second-order valence-corrected chi connectivity index (χ2v) is 8.77. The normalized spacial score (nSPS) is 12.5. The molecule has 0 unspecified atom stereocenters. The fourth-order valence-electron chi connectivity index (χ4n) is 3.46. The Morgan fingerprint density at radius 1 is 1.03 bits per heavy atom. The fourth-order valence-corrected chi connectivity index (χ4v) is 3.46. The van der Waals surface area contributed by atoms with Gasteiger partial charge in [0, 0.05) is 17.5 Å². The first-order valence-electron chi connectivity index (χ1n) is 10.6. The number of carbonyl (C=O) groups is 1. The van der Waals surface area contributed by atoms with Crippen molar-refractivity contribution in [1.82, 2.24) is 15.3 Å². The zero-order valence-electron chi connectivity index (χ0n) is 18.7.